The van der Waals surface area contributed by atoms with E-state index >= 15 is 0 Å². The standard InChI is InChI=1S/C33H36O10/c1-17-14-19-15-20(29(38)39)16-23(25(19)26(35)24(17)22(34)10-9-18-6-3-2-4-7-18)42-30-27(36)28(37)33(41)13-11-21-8-5-12-32(21,40)31(33)43-30/h2-4,6-7,14-16,21,27-28,30-31,35-37,40-41H,5,8-13H2,1H3,(H,38,39)/t21-,27+,28+,30+,31+,32+,33-/m0/s1. The molecule has 10 heteroatoms. The Labute approximate surface area is 248 Å². The van der Waals surface area contributed by atoms with Gasteiger partial charge in [0.1, 0.15) is 35.4 Å². The van der Waals surface area contributed by atoms with Crippen molar-refractivity contribution in [1.82, 2.24) is 0 Å². The van der Waals surface area contributed by atoms with Crippen LogP contribution in [0.25, 0.3) is 10.8 Å². The van der Waals surface area contributed by atoms with E-state index in [0.29, 0.717) is 31.2 Å². The van der Waals surface area contributed by atoms with Crippen LogP contribution in [0.1, 0.15) is 70.4 Å². The van der Waals surface area contributed by atoms with Gasteiger partial charge in [-0.3, -0.25) is 4.79 Å². The van der Waals surface area contributed by atoms with Gasteiger partial charge in [-0.1, -0.05) is 42.8 Å². The van der Waals surface area contributed by atoms with Gasteiger partial charge in [0, 0.05) is 6.42 Å². The largest absolute Gasteiger partial charge is 0.506 e. The predicted molar refractivity (Wildman–Crippen MR) is 154 cm³/mol. The third-order valence-electron chi connectivity index (χ3n) is 9.65. The summed E-state index contributed by atoms with van der Waals surface area (Å²) >= 11 is 0. The number of aromatic carboxylic acids is 1. The van der Waals surface area contributed by atoms with Crippen LogP contribution < -0.4 is 4.74 Å². The summed E-state index contributed by atoms with van der Waals surface area (Å²) in [5.74, 6) is -2.36. The van der Waals surface area contributed by atoms with E-state index < -0.39 is 47.5 Å². The van der Waals surface area contributed by atoms with Gasteiger partial charge in [-0.15, -0.1) is 0 Å². The van der Waals surface area contributed by atoms with Crippen LogP contribution in [0.4, 0.5) is 0 Å². The summed E-state index contributed by atoms with van der Waals surface area (Å²) in [6, 6.07) is 13.5. The zero-order valence-electron chi connectivity index (χ0n) is 23.8. The maximum Gasteiger partial charge on any atom is 0.335 e. The Kier molecular flexibility index (Phi) is 7.46. The molecule has 1 heterocycles. The second kappa shape index (κ2) is 10.9. The van der Waals surface area contributed by atoms with E-state index in [-0.39, 0.29) is 52.2 Å². The Morgan fingerprint density at radius 1 is 1.02 bits per heavy atom. The summed E-state index contributed by atoms with van der Waals surface area (Å²) in [7, 11) is 0. The number of phenols is 1. The zero-order chi connectivity index (χ0) is 30.7. The number of rotatable bonds is 7. The average Bonchev–Trinajstić information content (AvgIpc) is 3.37. The van der Waals surface area contributed by atoms with Crippen molar-refractivity contribution in [2.45, 2.75) is 87.7 Å². The first-order valence-electron chi connectivity index (χ1n) is 14.7. The first-order valence-corrected chi connectivity index (χ1v) is 14.7. The van der Waals surface area contributed by atoms with Crippen molar-refractivity contribution in [3.8, 4) is 11.5 Å². The van der Waals surface area contributed by atoms with Crippen LogP contribution in [0.15, 0.2) is 48.5 Å². The lowest BCUT2D eigenvalue weighted by Gasteiger charge is -2.57. The van der Waals surface area contributed by atoms with E-state index in [4.69, 9.17) is 9.47 Å². The first kappa shape index (κ1) is 29.5. The Morgan fingerprint density at radius 3 is 2.49 bits per heavy atom. The molecule has 0 unspecified atom stereocenters. The second-order valence-corrected chi connectivity index (χ2v) is 12.3. The van der Waals surface area contributed by atoms with Gasteiger partial charge in [0.25, 0.3) is 0 Å². The number of fused-ring (bicyclic) bond motifs is 4. The van der Waals surface area contributed by atoms with E-state index in [0.717, 1.165) is 18.1 Å². The van der Waals surface area contributed by atoms with E-state index in [2.05, 4.69) is 0 Å². The molecule has 2 saturated carbocycles. The molecule has 7 atom stereocenters. The van der Waals surface area contributed by atoms with Crippen LogP contribution >= 0.6 is 0 Å². The smallest absolute Gasteiger partial charge is 0.335 e. The number of carbonyl (C=O) groups excluding carboxylic acids is 1. The van der Waals surface area contributed by atoms with Gasteiger partial charge in [-0.25, -0.2) is 4.79 Å². The molecule has 1 aliphatic heterocycles. The summed E-state index contributed by atoms with van der Waals surface area (Å²) in [5.41, 5.74) is -2.08. The molecule has 10 nitrogen and oxygen atoms in total. The van der Waals surface area contributed by atoms with Crippen molar-refractivity contribution >= 4 is 22.5 Å². The third kappa shape index (κ3) is 4.87. The van der Waals surface area contributed by atoms with E-state index in [9.17, 15) is 40.2 Å². The number of carbonyl (C=O) groups is 2. The molecule has 228 valence electrons. The van der Waals surface area contributed by atoms with Gasteiger partial charge in [-0.05, 0) is 73.6 Å². The van der Waals surface area contributed by atoms with Crippen molar-refractivity contribution in [3.05, 3.63) is 70.8 Å². The second-order valence-electron chi connectivity index (χ2n) is 12.3. The molecular formula is C33H36O10. The number of aryl methyl sites for hydroxylation is 2. The van der Waals surface area contributed by atoms with Gasteiger partial charge in [0.2, 0.25) is 6.29 Å². The quantitative estimate of drug-likeness (QED) is 0.224. The average molecular weight is 593 g/mol. The molecular weight excluding hydrogens is 556 g/mol. The van der Waals surface area contributed by atoms with Gasteiger partial charge < -0.3 is 40.1 Å². The molecule has 0 spiro atoms. The van der Waals surface area contributed by atoms with E-state index in [1.54, 1.807) is 13.0 Å². The van der Waals surface area contributed by atoms with E-state index in [1.807, 2.05) is 30.3 Å². The number of ether oxygens (including phenoxy) is 2. The fourth-order valence-electron chi connectivity index (χ4n) is 7.43. The third-order valence-corrected chi connectivity index (χ3v) is 9.65. The van der Waals surface area contributed by atoms with Gasteiger partial charge in [-0.2, -0.15) is 0 Å². The number of hydrogen-bond donors (Lipinski definition) is 6. The maximum absolute atomic E-state index is 13.4. The molecule has 43 heavy (non-hydrogen) atoms. The molecule has 6 rings (SSSR count). The Hall–Kier alpha value is -3.54. The number of phenolic OH excluding ortho intramolecular Hbond substituents is 1. The minimum Gasteiger partial charge on any atom is -0.506 e. The maximum atomic E-state index is 13.4. The lowest BCUT2D eigenvalue weighted by Crippen LogP contribution is -2.75. The molecule has 0 amide bonds. The number of carboxylic acid groups (broad SMARTS) is 1. The number of Topliss-reactive ketones (excluding diaryl/α,β-unsaturated/α-hetero) is 1. The normalized spacial score (nSPS) is 31.8. The summed E-state index contributed by atoms with van der Waals surface area (Å²) in [5, 5.41) is 66.7. The molecule has 3 fully saturated rings. The van der Waals surface area contributed by atoms with Gasteiger partial charge in [0.05, 0.1) is 22.1 Å². The first-order chi connectivity index (χ1) is 20.4. The Morgan fingerprint density at radius 2 is 1.77 bits per heavy atom. The Bertz CT molecular complexity index is 1570. The van der Waals surface area contributed by atoms with Crippen LogP contribution in [-0.4, -0.2) is 78.2 Å². The Balaban J connectivity index is 1.39. The highest BCUT2D eigenvalue weighted by Crippen LogP contribution is 2.54. The number of carboxylic acids is 1. The SMILES string of the molecule is Cc1cc2cc(C(=O)O)cc(O[C@@H]3O[C@@H]4[C@@]5(O)CCC[C@H]5CC[C@]4(O)[C@H](O)[C@H]3O)c2c(O)c1C(=O)CCc1ccccc1. The van der Waals surface area contributed by atoms with Crippen LogP contribution in [0.2, 0.25) is 0 Å². The van der Waals surface area contributed by atoms with Crippen LogP contribution in [0.5, 0.6) is 11.5 Å². The van der Waals surface area contributed by atoms with E-state index in [1.165, 1.54) is 6.07 Å². The molecule has 6 N–H and O–H groups in total. The van der Waals surface area contributed by atoms with Gasteiger partial charge in [0.15, 0.2) is 5.78 Å². The lowest BCUT2D eigenvalue weighted by atomic mass is 9.64. The zero-order valence-corrected chi connectivity index (χ0v) is 23.8. The fraction of sp³-hybridized carbons (Fsp3) is 0.455. The lowest BCUT2D eigenvalue weighted by molar-refractivity contribution is -0.355. The monoisotopic (exact) mass is 592 g/mol. The van der Waals surface area contributed by atoms with Crippen LogP contribution in [0.3, 0.4) is 0 Å². The molecule has 0 aromatic heterocycles. The molecule has 3 aliphatic rings. The highest BCUT2D eigenvalue weighted by Gasteiger charge is 2.67. The molecule has 0 radical (unpaired) electrons. The van der Waals surface area contributed by atoms with Crippen molar-refractivity contribution in [1.29, 1.82) is 0 Å². The van der Waals surface area contributed by atoms with Crippen molar-refractivity contribution in [3.63, 3.8) is 0 Å². The highest BCUT2D eigenvalue weighted by atomic mass is 16.7. The number of aliphatic hydroxyl groups is 4. The minimum atomic E-state index is -1.92. The summed E-state index contributed by atoms with van der Waals surface area (Å²) in [4.78, 5) is 25.4. The number of aliphatic hydroxyl groups excluding tert-OH is 2. The molecule has 0 bridgehead atoms. The molecule has 3 aromatic carbocycles. The molecule has 1 saturated heterocycles. The predicted octanol–water partition coefficient (Wildman–Crippen LogP) is 3.25. The number of aromatic hydroxyl groups is 1. The summed E-state index contributed by atoms with van der Waals surface area (Å²) < 4.78 is 12.1. The van der Waals surface area contributed by atoms with Crippen molar-refractivity contribution in [2.75, 3.05) is 0 Å². The topological polar surface area (TPSA) is 174 Å². The van der Waals surface area contributed by atoms with Crippen molar-refractivity contribution < 1.29 is 49.7 Å². The number of hydrogen-bond acceptors (Lipinski definition) is 9. The van der Waals surface area contributed by atoms with Gasteiger partial charge >= 0.3 is 5.97 Å². The minimum absolute atomic E-state index is 0.0332. The summed E-state index contributed by atoms with van der Waals surface area (Å²) in [6.45, 7) is 1.65. The van der Waals surface area contributed by atoms with Crippen LogP contribution in [0, 0.1) is 12.8 Å². The number of ketones is 1. The molecule has 2 aliphatic carbocycles. The molecule has 3 aromatic rings. The number of benzene rings is 3. The van der Waals surface area contributed by atoms with Crippen LogP contribution in [-0.2, 0) is 11.2 Å². The van der Waals surface area contributed by atoms with Crippen molar-refractivity contribution in [2.24, 2.45) is 5.92 Å². The highest BCUT2D eigenvalue weighted by molar-refractivity contribution is 6.09. The fourth-order valence-corrected chi connectivity index (χ4v) is 7.43. The summed E-state index contributed by atoms with van der Waals surface area (Å²) in [6.07, 6.45) is -3.49.